The minimum atomic E-state index is -0.233. The van der Waals surface area contributed by atoms with Crippen LogP contribution in [0.4, 0.5) is 0 Å². The van der Waals surface area contributed by atoms with Crippen molar-refractivity contribution in [3.63, 3.8) is 0 Å². The Kier molecular flexibility index (Phi) is 4.73. The normalized spacial score (nSPS) is 11.9. The Bertz CT molecular complexity index is 1210. The highest BCUT2D eigenvalue weighted by Crippen LogP contribution is 2.34. The Morgan fingerprint density at radius 3 is 2.89 bits per heavy atom. The zero-order valence-electron chi connectivity index (χ0n) is 14.0. The summed E-state index contributed by atoms with van der Waals surface area (Å²) < 4.78 is 5.03. The smallest absolute Gasteiger partial charge is 0.260 e. The van der Waals surface area contributed by atoms with Crippen LogP contribution < -0.4 is 10.3 Å². The maximum atomic E-state index is 12.6. The van der Waals surface area contributed by atoms with Crippen LogP contribution in [-0.2, 0) is 0 Å². The molecular weight excluding hydrogens is 404 g/mol. The molecule has 0 aliphatic rings. The van der Waals surface area contributed by atoms with Crippen LogP contribution in [0.2, 0.25) is 0 Å². The number of thiophene rings is 2. The lowest BCUT2D eigenvalue weighted by atomic mass is 10.2. The molecule has 136 valence electrons. The molecule has 4 aromatic rings. The fraction of sp³-hybridized carbons (Fsp3) is 0.0526. The minimum absolute atomic E-state index is 0.00599. The van der Waals surface area contributed by atoms with E-state index in [1.54, 1.807) is 29.5 Å². The van der Waals surface area contributed by atoms with Crippen LogP contribution in [0, 0.1) is 0 Å². The number of aromatic hydroxyl groups is 1. The van der Waals surface area contributed by atoms with Crippen molar-refractivity contribution in [3.8, 4) is 21.9 Å². The molecule has 0 saturated carbocycles. The molecule has 0 atom stereocenters. The monoisotopic (exact) mass is 416 g/mol. The van der Waals surface area contributed by atoms with Crippen LogP contribution in [-0.4, -0.2) is 22.2 Å². The number of fused-ring (bicyclic) bond motifs is 1. The van der Waals surface area contributed by atoms with Crippen molar-refractivity contribution in [3.05, 3.63) is 62.8 Å². The molecule has 0 saturated heterocycles. The van der Waals surface area contributed by atoms with E-state index in [9.17, 15) is 9.90 Å². The summed E-state index contributed by atoms with van der Waals surface area (Å²) in [7, 11) is 1.48. The van der Waals surface area contributed by atoms with Crippen LogP contribution in [0.1, 0.15) is 11.4 Å². The number of phenols is 1. The van der Waals surface area contributed by atoms with Crippen molar-refractivity contribution >= 4 is 55.6 Å². The molecule has 3 aromatic heterocycles. The molecule has 0 fully saturated rings. The summed E-state index contributed by atoms with van der Waals surface area (Å²) in [6.45, 7) is 0. The first-order chi connectivity index (χ1) is 13.1. The van der Waals surface area contributed by atoms with E-state index in [2.05, 4.69) is 9.97 Å². The second-order valence-corrected chi connectivity index (χ2v) is 7.86. The molecule has 8 heteroatoms. The van der Waals surface area contributed by atoms with Crippen LogP contribution in [0.3, 0.4) is 0 Å². The SMILES string of the molecule is COc1ccc(/C=C(\Cl)c2nc3scc(-c4cccs4)c3c(=O)[nH]2)cc1O. The molecule has 0 spiro atoms. The van der Waals surface area contributed by atoms with Gasteiger partial charge in [0, 0.05) is 15.8 Å². The molecule has 0 unspecified atom stereocenters. The first-order valence-corrected chi connectivity index (χ1v) is 10.0. The number of rotatable bonds is 4. The van der Waals surface area contributed by atoms with Gasteiger partial charge in [-0.1, -0.05) is 23.7 Å². The second kappa shape index (κ2) is 7.19. The predicted octanol–water partition coefficient (Wildman–Crippen LogP) is 5.16. The second-order valence-electron chi connectivity index (χ2n) is 5.64. The van der Waals surface area contributed by atoms with Gasteiger partial charge in [-0.15, -0.1) is 22.7 Å². The summed E-state index contributed by atoms with van der Waals surface area (Å²) in [5.74, 6) is 0.659. The van der Waals surface area contributed by atoms with Gasteiger partial charge in [-0.2, -0.15) is 0 Å². The van der Waals surface area contributed by atoms with E-state index in [0.29, 0.717) is 21.5 Å². The van der Waals surface area contributed by atoms with E-state index in [1.165, 1.54) is 24.5 Å². The Morgan fingerprint density at radius 2 is 2.19 bits per heavy atom. The van der Waals surface area contributed by atoms with Gasteiger partial charge < -0.3 is 14.8 Å². The summed E-state index contributed by atoms with van der Waals surface area (Å²) in [6, 6.07) is 8.83. The molecule has 3 heterocycles. The Hall–Kier alpha value is -2.61. The Morgan fingerprint density at radius 1 is 1.33 bits per heavy atom. The van der Waals surface area contributed by atoms with Gasteiger partial charge in [0.2, 0.25) is 0 Å². The van der Waals surface area contributed by atoms with Gasteiger partial charge in [-0.25, -0.2) is 4.98 Å². The molecule has 0 aliphatic heterocycles. The molecule has 0 bridgehead atoms. The third kappa shape index (κ3) is 3.37. The number of nitrogens with one attached hydrogen (secondary N) is 1. The van der Waals surface area contributed by atoms with Crippen molar-refractivity contribution in [2.75, 3.05) is 7.11 Å². The number of halogens is 1. The lowest BCUT2D eigenvalue weighted by molar-refractivity contribution is 0.373. The topological polar surface area (TPSA) is 75.2 Å². The number of methoxy groups -OCH3 is 1. The lowest BCUT2D eigenvalue weighted by Crippen LogP contribution is -2.10. The third-order valence-corrected chi connectivity index (χ3v) is 6.02. The van der Waals surface area contributed by atoms with Crippen molar-refractivity contribution in [1.82, 2.24) is 9.97 Å². The molecule has 5 nitrogen and oxygen atoms in total. The van der Waals surface area contributed by atoms with E-state index in [-0.39, 0.29) is 22.2 Å². The predicted molar refractivity (Wildman–Crippen MR) is 112 cm³/mol. The number of phenolic OH excluding ortho intramolecular Hbond substituents is 1. The first-order valence-electron chi connectivity index (χ1n) is 7.87. The summed E-state index contributed by atoms with van der Waals surface area (Å²) in [5, 5.41) is 14.6. The fourth-order valence-electron chi connectivity index (χ4n) is 2.69. The number of hydrogen-bond donors (Lipinski definition) is 2. The van der Waals surface area contributed by atoms with Gasteiger partial charge in [0.05, 0.1) is 17.5 Å². The van der Waals surface area contributed by atoms with E-state index in [0.717, 1.165) is 10.4 Å². The number of ether oxygens (including phenoxy) is 1. The molecule has 2 N–H and O–H groups in total. The van der Waals surface area contributed by atoms with E-state index in [4.69, 9.17) is 16.3 Å². The fourth-order valence-corrected chi connectivity index (χ4v) is 4.66. The summed E-state index contributed by atoms with van der Waals surface area (Å²) in [4.78, 5) is 21.5. The lowest BCUT2D eigenvalue weighted by Gasteiger charge is -2.04. The van der Waals surface area contributed by atoms with Gasteiger partial charge in [0.25, 0.3) is 5.56 Å². The zero-order chi connectivity index (χ0) is 19.0. The summed E-state index contributed by atoms with van der Waals surface area (Å²) >= 11 is 9.35. The highest BCUT2D eigenvalue weighted by molar-refractivity contribution is 7.18. The third-order valence-electron chi connectivity index (χ3n) is 3.95. The standard InChI is InChI=1S/C19H13ClN2O3S2/c1-25-14-5-4-10(8-13(14)23)7-12(20)17-21-18(24)16-11(9-27-19(16)22-17)15-3-2-6-26-15/h2-9,23H,1H3,(H,21,22,24)/b12-7-. The Balaban J connectivity index is 1.76. The molecule has 1 aromatic carbocycles. The van der Waals surface area contributed by atoms with Gasteiger partial charge in [-0.05, 0) is 35.2 Å². The van der Waals surface area contributed by atoms with E-state index in [1.807, 2.05) is 22.9 Å². The van der Waals surface area contributed by atoms with Crippen LogP contribution in [0.5, 0.6) is 11.5 Å². The molecule has 4 rings (SSSR count). The largest absolute Gasteiger partial charge is 0.504 e. The molecule has 0 radical (unpaired) electrons. The maximum absolute atomic E-state index is 12.6. The number of aromatic nitrogens is 2. The number of nitrogens with zero attached hydrogens (tertiary/aromatic N) is 1. The highest BCUT2D eigenvalue weighted by Gasteiger charge is 2.14. The van der Waals surface area contributed by atoms with Crippen molar-refractivity contribution < 1.29 is 9.84 Å². The van der Waals surface area contributed by atoms with Gasteiger partial charge in [-0.3, -0.25) is 4.79 Å². The van der Waals surface area contributed by atoms with Crippen LogP contribution in [0.15, 0.2) is 45.9 Å². The Labute approximate surface area is 167 Å². The van der Waals surface area contributed by atoms with Crippen LogP contribution in [0.25, 0.3) is 31.8 Å². The van der Waals surface area contributed by atoms with Crippen molar-refractivity contribution in [1.29, 1.82) is 0 Å². The van der Waals surface area contributed by atoms with Gasteiger partial charge in [0.15, 0.2) is 17.3 Å². The minimum Gasteiger partial charge on any atom is -0.504 e. The van der Waals surface area contributed by atoms with Crippen LogP contribution >= 0.6 is 34.3 Å². The summed E-state index contributed by atoms with van der Waals surface area (Å²) in [5.41, 5.74) is 1.31. The zero-order valence-corrected chi connectivity index (χ0v) is 16.4. The van der Waals surface area contributed by atoms with E-state index < -0.39 is 0 Å². The van der Waals surface area contributed by atoms with Crippen molar-refractivity contribution in [2.24, 2.45) is 0 Å². The van der Waals surface area contributed by atoms with Gasteiger partial charge >= 0.3 is 0 Å². The van der Waals surface area contributed by atoms with Crippen molar-refractivity contribution in [2.45, 2.75) is 0 Å². The van der Waals surface area contributed by atoms with E-state index >= 15 is 0 Å². The average molecular weight is 417 g/mol. The summed E-state index contributed by atoms with van der Waals surface area (Å²) in [6.07, 6.45) is 1.62. The average Bonchev–Trinajstić information content (AvgIpc) is 3.31. The molecule has 0 aliphatic carbocycles. The molecule has 27 heavy (non-hydrogen) atoms. The number of aromatic amines is 1. The molecular formula is C19H13ClN2O3S2. The quantitative estimate of drug-likeness (QED) is 0.481. The van der Waals surface area contributed by atoms with Gasteiger partial charge in [0.1, 0.15) is 4.83 Å². The molecule has 0 amide bonds. The number of hydrogen-bond acceptors (Lipinski definition) is 6. The number of H-pyrrole nitrogens is 1. The first kappa shape index (κ1) is 17.8. The highest BCUT2D eigenvalue weighted by atomic mass is 35.5. The maximum Gasteiger partial charge on any atom is 0.260 e. The number of benzene rings is 1.